The van der Waals surface area contributed by atoms with Gasteiger partial charge in [-0.15, -0.1) is 0 Å². The smallest absolute Gasteiger partial charge is 0.343 e. The maximum Gasteiger partial charge on any atom is 0.343 e. The summed E-state index contributed by atoms with van der Waals surface area (Å²) in [5.74, 6) is -0.175. The number of nitrogens with one attached hydrogen (secondary N) is 1. The van der Waals surface area contributed by atoms with Crippen LogP contribution in [0.1, 0.15) is 56.1 Å². The molecule has 0 radical (unpaired) electrons. The lowest BCUT2D eigenvalue weighted by Gasteiger charge is -2.18. The molecule has 1 unspecified atom stereocenters. The zero-order chi connectivity index (χ0) is 19.5. The van der Waals surface area contributed by atoms with Crippen molar-refractivity contribution in [2.24, 2.45) is 0 Å². The SMILES string of the molecule is CCCCCCC(c1c(O)c2ccccc2oc1=O)c1c[nH]c2ccccc12. The average Bonchev–Trinajstić information content (AvgIpc) is 3.13. The van der Waals surface area contributed by atoms with Crippen molar-refractivity contribution in [1.82, 2.24) is 4.98 Å². The van der Waals surface area contributed by atoms with Gasteiger partial charge in [0.15, 0.2) is 0 Å². The Morgan fingerprint density at radius 3 is 2.57 bits per heavy atom. The number of unbranched alkanes of at least 4 members (excludes halogenated alkanes) is 3. The molecular weight excluding hydrogens is 350 g/mol. The molecule has 4 rings (SSSR count). The Morgan fingerprint density at radius 2 is 1.75 bits per heavy atom. The number of rotatable bonds is 7. The number of hydrogen-bond donors (Lipinski definition) is 2. The molecule has 0 fully saturated rings. The van der Waals surface area contributed by atoms with E-state index >= 15 is 0 Å². The van der Waals surface area contributed by atoms with Gasteiger partial charge in [0.25, 0.3) is 0 Å². The molecule has 144 valence electrons. The van der Waals surface area contributed by atoms with Crippen LogP contribution in [0, 0.1) is 0 Å². The largest absolute Gasteiger partial charge is 0.507 e. The Balaban J connectivity index is 1.86. The molecule has 28 heavy (non-hydrogen) atoms. The zero-order valence-corrected chi connectivity index (χ0v) is 16.1. The van der Waals surface area contributed by atoms with Crippen molar-refractivity contribution < 1.29 is 9.52 Å². The molecule has 2 N–H and O–H groups in total. The lowest BCUT2D eigenvalue weighted by Crippen LogP contribution is -2.14. The number of para-hydroxylation sites is 2. The number of aromatic nitrogens is 1. The van der Waals surface area contributed by atoms with E-state index in [0.717, 1.165) is 42.1 Å². The number of fused-ring (bicyclic) bond motifs is 2. The zero-order valence-electron chi connectivity index (χ0n) is 16.1. The molecule has 4 nitrogen and oxygen atoms in total. The second-order valence-electron chi connectivity index (χ2n) is 7.34. The second kappa shape index (κ2) is 7.93. The van der Waals surface area contributed by atoms with Crippen LogP contribution in [0.2, 0.25) is 0 Å². The van der Waals surface area contributed by atoms with Gasteiger partial charge in [-0.2, -0.15) is 0 Å². The summed E-state index contributed by atoms with van der Waals surface area (Å²) < 4.78 is 5.57. The minimum atomic E-state index is -0.457. The minimum Gasteiger partial charge on any atom is -0.507 e. The highest BCUT2D eigenvalue weighted by Gasteiger charge is 2.26. The van der Waals surface area contributed by atoms with Crippen LogP contribution in [0.25, 0.3) is 21.9 Å². The van der Waals surface area contributed by atoms with Crippen LogP contribution < -0.4 is 5.63 Å². The topological polar surface area (TPSA) is 66.2 Å². The van der Waals surface area contributed by atoms with Crippen LogP contribution in [0.4, 0.5) is 0 Å². The van der Waals surface area contributed by atoms with Gasteiger partial charge in [0.2, 0.25) is 0 Å². The maximum atomic E-state index is 12.9. The number of aromatic amines is 1. The molecule has 2 aromatic heterocycles. The first-order valence-electron chi connectivity index (χ1n) is 10.0. The van der Waals surface area contributed by atoms with Crippen LogP contribution in [0.5, 0.6) is 5.75 Å². The first kappa shape index (κ1) is 18.4. The summed E-state index contributed by atoms with van der Waals surface area (Å²) in [6.07, 6.45) is 7.17. The van der Waals surface area contributed by atoms with Crippen LogP contribution in [-0.2, 0) is 0 Å². The van der Waals surface area contributed by atoms with E-state index in [9.17, 15) is 9.90 Å². The van der Waals surface area contributed by atoms with E-state index in [0.29, 0.717) is 16.5 Å². The van der Waals surface area contributed by atoms with E-state index in [1.165, 1.54) is 6.42 Å². The third-order valence-electron chi connectivity index (χ3n) is 5.51. The number of hydrogen-bond acceptors (Lipinski definition) is 3. The molecule has 0 amide bonds. The van der Waals surface area contributed by atoms with Gasteiger partial charge in [-0.25, -0.2) is 4.79 Å². The summed E-state index contributed by atoms with van der Waals surface area (Å²) in [6, 6.07) is 15.2. The Morgan fingerprint density at radius 1 is 1.00 bits per heavy atom. The molecule has 0 bridgehead atoms. The highest BCUT2D eigenvalue weighted by atomic mass is 16.4. The van der Waals surface area contributed by atoms with Gasteiger partial charge < -0.3 is 14.5 Å². The van der Waals surface area contributed by atoms with E-state index < -0.39 is 5.63 Å². The summed E-state index contributed by atoms with van der Waals surface area (Å²) in [5, 5.41) is 12.7. The molecule has 4 heteroatoms. The fourth-order valence-electron chi connectivity index (χ4n) is 4.07. The van der Waals surface area contributed by atoms with E-state index in [-0.39, 0.29) is 11.7 Å². The molecule has 0 aliphatic rings. The third kappa shape index (κ3) is 3.31. The van der Waals surface area contributed by atoms with Crippen LogP contribution in [0.15, 0.2) is 63.9 Å². The van der Waals surface area contributed by atoms with Crippen molar-refractivity contribution in [3.63, 3.8) is 0 Å². The van der Waals surface area contributed by atoms with E-state index in [1.54, 1.807) is 18.2 Å². The Bertz CT molecular complexity index is 1160. The molecular formula is C24H25NO3. The predicted octanol–water partition coefficient (Wildman–Crippen LogP) is 6.08. The van der Waals surface area contributed by atoms with Gasteiger partial charge in [0, 0.05) is 23.0 Å². The fourth-order valence-corrected chi connectivity index (χ4v) is 4.07. The maximum absolute atomic E-state index is 12.9. The van der Waals surface area contributed by atoms with Crippen molar-refractivity contribution in [2.45, 2.75) is 44.9 Å². The molecule has 2 aromatic carbocycles. The fraction of sp³-hybridized carbons (Fsp3) is 0.292. The monoisotopic (exact) mass is 375 g/mol. The summed E-state index contributed by atoms with van der Waals surface area (Å²) in [7, 11) is 0. The number of benzene rings is 2. The van der Waals surface area contributed by atoms with Gasteiger partial charge in [-0.1, -0.05) is 62.9 Å². The molecule has 2 heterocycles. The molecule has 0 spiro atoms. The van der Waals surface area contributed by atoms with Crippen molar-refractivity contribution >= 4 is 21.9 Å². The van der Waals surface area contributed by atoms with E-state index in [4.69, 9.17) is 4.42 Å². The van der Waals surface area contributed by atoms with Crippen molar-refractivity contribution in [3.8, 4) is 5.75 Å². The first-order chi connectivity index (χ1) is 13.7. The van der Waals surface area contributed by atoms with Crippen molar-refractivity contribution in [3.05, 3.63) is 76.3 Å². The molecule has 1 atom stereocenters. The van der Waals surface area contributed by atoms with Gasteiger partial charge in [0.05, 0.1) is 10.9 Å². The Hall–Kier alpha value is -3.01. The normalized spacial score (nSPS) is 12.6. The molecule has 0 saturated heterocycles. The molecule has 0 aliphatic carbocycles. The summed E-state index contributed by atoms with van der Waals surface area (Å²) in [6.45, 7) is 2.18. The molecule has 4 aromatic rings. The van der Waals surface area contributed by atoms with E-state index in [2.05, 4.69) is 18.0 Å². The Kier molecular flexibility index (Phi) is 5.20. The van der Waals surface area contributed by atoms with Crippen LogP contribution in [-0.4, -0.2) is 10.1 Å². The first-order valence-corrected chi connectivity index (χ1v) is 10.0. The van der Waals surface area contributed by atoms with Crippen molar-refractivity contribution in [2.75, 3.05) is 0 Å². The standard InChI is InChI=1S/C24H25NO3/c1-2-3-4-5-11-17(19-15-25-20-13-8-6-10-16(19)20)22-23(26)18-12-7-9-14-21(18)28-24(22)27/h6-10,12-15,17,25-26H,2-5,11H2,1H3. The molecule has 0 aliphatic heterocycles. The van der Waals surface area contributed by atoms with Gasteiger partial charge in [-0.05, 0) is 30.2 Å². The predicted molar refractivity (Wildman–Crippen MR) is 113 cm³/mol. The summed E-state index contributed by atoms with van der Waals surface area (Å²) in [4.78, 5) is 16.2. The number of H-pyrrole nitrogens is 1. The van der Waals surface area contributed by atoms with Gasteiger partial charge in [-0.3, -0.25) is 0 Å². The number of aromatic hydroxyl groups is 1. The Labute approximate surface area is 163 Å². The van der Waals surface area contributed by atoms with Crippen LogP contribution >= 0.6 is 0 Å². The van der Waals surface area contributed by atoms with E-state index in [1.807, 2.05) is 30.5 Å². The second-order valence-corrected chi connectivity index (χ2v) is 7.34. The quantitative estimate of drug-likeness (QED) is 0.304. The highest BCUT2D eigenvalue weighted by Crippen LogP contribution is 2.39. The third-order valence-corrected chi connectivity index (χ3v) is 5.51. The summed E-state index contributed by atoms with van der Waals surface area (Å²) in [5.41, 5.74) is 2.38. The summed E-state index contributed by atoms with van der Waals surface area (Å²) >= 11 is 0. The lowest BCUT2D eigenvalue weighted by atomic mass is 9.86. The van der Waals surface area contributed by atoms with Gasteiger partial charge >= 0.3 is 5.63 Å². The minimum absolute atomic E-state index is 0.0395. The average molecular weight is 375 g/mol. The molecule has 0 saturated carbocycles. The highest BCUT2D eigenvalue weighted by molar-refractivity contribution is 5.87. The van der Waals surface area contributed by atoms with Gasteiger partial charge in [0.1, 0.15) is 11.3 Å². The van der Waals surface area contributed by atoms with Crippen molar-refractivity contribution in [1.29, 1.82) is 0 Å². The van der Waals surface area contributed by atoms with Crippen LogP contribution in [0.3, 0.4) is 0 Å². The lowest BCUT2D eigenvalue weighted by molar-refractivity contribution is 0.446.